The molecule has 0 radical (unpaired) electrons. The molecule has 6 nitrogen and oxygen atoms in total. The number of ether oxygens (including phenoxy) is 1. The van der Waals surface area contributed by atoms with E-state index < -0.39 is 6.61 Å². The van der Waals surface area contributed by atoms with E-state index in [1.807, 2.05) is 13.1 Å². The zero-order valence-electron chi connectivity index (χ0n) is 12.5. The van der Waals surface area contributed by atoms with Crippen molar-refractivity contribution < 1.29 is 13.5 Å². The summed E-state index contributed by atoms with van der Waals surface area (Å²) >= 11 is 5.99. The summed E-state index contributed by atoms with van der Waals surface area (Å²) in [7, 11) is 0. The lowest BCUT2D eigenvalue weighted by atomic mass is 10.1. The van der Waals surface area contributed by atoms with Crippen LogP contribution in [0.3, 0.4) is 0 Å². The minimum absolute atomic E-state index is 0.0342. The molecule has 0 unspecified atom stereocenters. The number of pyridine rings is 1. The third kappa shape index (κ3) is 3.65. The van der Waals surface area contributed by atoms with E-state index in [9.17, 15) is 8.78 Å². The monoisotopic (exact) mass is 351 g/mol. The van der Waals surface area contributed by atoms with Crippen LogP contribution in [0.15, 0.2) is 36.9 Å². The highest BCUT2D eigenvalue weighted by atomic mass is 35.5. The zero-order chi connectivity index (χ0) is 17.1. The van der Waals surface area contributed by atoms with Gasteiger partial charge in [-0.25, -0.2) is 9.97 Å². The van der Waals surface area contributed by atoms with Crippen LogP contribution in [-0.2, 0) is 6.54 Å². The lowest BCUT2D eigenvalue weighted by Crippen LogP contribution is -2.02. The molecule has 3 aromatic heterocycles. The second-order valence-electron chi connectivity index (χ2n) is 4.78. The van der Waals surface area contributed by atoms with Crippen LogP contribution >= 0.6 is 11.6 Å². The Hall–Kier alpha value is -2.61. The Morgan fingerprint density at radius 1 is 1.12 bits per heavy atom. The first-order chi connectivity index (χ1) is 11.5. The molecule has 0 saturated heterocycles. The van der Waals surface area contributed by atoms with E-state index in [0.29, 0.717) is 17.0 Å². The Labute approximate surface area is 141 Å². The molecule has 3 aromatic rings. The number of rotatable bonds is 5. The fourth-order valence-corrected chi connectivity index (χ4v) is 2.29. The third-order valence-corrected chi connectivity index (χ3v) is 3.35. The van der Waals surface area contributed by atoms with Crippen LogP contribution in [0.1, 0.15) is 6.92 Å². The molecule has 0 fully saturated rings. The molecule has 0 N–H and O–H groups in total. The van der Waals surface area contributed by atoms with Crippen LogP contribution in [0, 0.1) is 0 Å². The van der Waals surface area contributed by atoms with Gasteiger partial charge >= 0.3 is 6.61 Å². The molecule has 24 heavy (non-hydrogen) atoms. The van der Waals surface area contributed by atoms with Gasteiger partial charge in [0.1, 0.15) is 5.75 Å². The van der Waals surface area contributed by atoms with Crippen molar-refractivity contribution >= 4 is 11.6 Å². The second kappa shape index (κ2) is 6.88. The van der Waals surface area contributed by atoms with E-state index in [4.69, 9.17) is 11.6 Å². The topological polar surface area (TPSA) is 65.7 Å². The number of halogens is 3. The molecule has 0 aliphatic heterocycles. The Kier molecular flexibility index (Phi) is 4.66. The van der Waals surface area contributed by atoms with Gasteiger partial charge in [0.25, 0.3) is 0 Å². The summed E-state index contributed by atoms with van der Waals surface area (Å²) in [6.45, 7) is -0.232. The van der Waals surface area contributed by atoms with Gasteiger partial charge in [-0.15, -0.1) is 0 Å². The van der Waals surface area contributed by atoms with Crippen molar-refractivity contribution in [3.8, 4) is 28.3 Å². The molecule has 124 valence electrons. The molecule has 0 amide bonds. The van der Waals surface area contributed by atoms with Gasteiger partial charge in [-0.2, -0.15) is 13.9 Å². The van der Waals surface area contributed by atoms with Crippen LogP contribution in [0.4, 0.5) is 8.78 Å². The molecule has 0 spiro atoms. The molecule has 0 aromatic carbocycles. The number of aromatic nitrogens is 5. The van der Waals surface area contributed by atoms with Crippen molar-refractivity contribution in [1.29, 1.82) is 0 Å². The Morgan fingerprint density at radius 3 is 2.54 bits per heavy atom. The highest BCUT2D eigenvalue weighted by Crippen LogP contribution is 2.27. The van der Waals surface area contributed by atoms with E-state index in [1.165, 1.54) is 18.5 Å². The van der Waals surface area contributed by atoms with E-state index in [1.54, 1.807) is 16.9 Å². The second-order valence-corrected chi connectivity index (χ2v) is 5.12. The van der Waals surface area contributed by atoms with Crippen LogP contribution < -0.4 is 4.74 Å². The van der Waals surface area contributed by atoms with Crippen LogP contribution in [0.5, 0.6) is 5.75 Å². The smallest absolute Gasteiger partial charge is 0.387 e. The van der Waals surface area contributed by atoms with Crippen molar-refractivity contribution in [2.45, 2.75) is 20.1 Å². The largest absolute Gasteiger partial charge is 0.433 e. The average Bonchev–Trinajstić information content (AvgIpc) is 3.03. The maximum Gasteiger partial charge on any atom is 0.387 e. The minimum Gasteiger partial charge on any atom is -0.433 e. The lowest BCUT2D eigenvalue weighted by Gasteiger charge is -2.07. The van der Waals surface area contributed by atoms with Crippen molar-refractivity contribution in [1.82, 2.24) is 24.7 Å². The summed E-state index contributed by atoms with van der Waals surface area (Å²) in [4.78, 5) is 12.2. The first-order valence-corrected chi connectivity index (χ1v) is 7.40. The number of hydrogen-bond acceptors (Lipinski definition) is 5. The van der Waals surface area contributed by atoms with Gasteiger partial charge in [0, 0.05) is 30.1 Å². The fourth-order valence-electron chi connectivity index (χ4n) is 2.11. The van der Waals surface area contributed by atoms with Crippen LogP contribution in [0.2, 0.25) is 5.28 Å². The molecule has 0 bridgehead atoms. The SMILES string of the molecule is CCn1cc(-c2cc(-c3cncc(OC(F)F)c3)nc(Cl)n2)cn1. The van der Waals surface area contributed by atoms with Crippen molar-refractivity contribution in [2.75, 3.05) is 0 Å². The molecule has 0 aliphatic carbocycles. The quantitative estimate of drug-likeness (QED) is 0.656. The number of hydrogen-bond donors (Lipinski definition) is 0. The maximum absolute atomic E-state index is 12.3. The summed E-state index contributed by atoms with van der Waals surface area (Å²) < 4.78 is 30.8. The number of aryl methyl sites for hydroxylation is 1. The molecule has 3 rings (SSSR count). The van der Waals surface area contributed by atoms with Crippen molar-refractivity contribution in [2.24, 2.45) is 0 Å². The molecule has 3 heterocycles. The zero-order valence-corrected chi connectivity index (χ0v) is 13.3. The van der Waals surface area contributed by atoms with Gasteiger partial charge in [0.15, 0.2) is 0 Å². The standard InChI is InChI=1S/C15H12ClF2N5O/c1-2-23-8-10(6-20-23)13-4-12(21-14(16)22-13)9-3-11(7-19-5-9)24-15(17)18/h3-8,15H,2H2,1H3. The van der Waals surface area contributed by atoms with Crippen molar-refractivity contribution in [3.05, 3.63) is 42.2 Å². The Bertz CT molecular complexity index is 855. The maximum atomic E-state index is 12.3. The summed E-state index contributed by atoms with van der Waals surface area (Å²) in [5, 5.41) is 4.22. The summed E-state index contributed by atoms with van der Waals surface area (Å²) in [6, 6.07) is 3.10. The Morgan fingerprint density at radius 2 is 1.88 bits per heavy atom. The fraction of sp³-hybridized carbons (Fsp3) is 0.200. The highest BCUT2D eigenvalue weighted by molar-refractivity contribution is 6.28. The van der Waals surface area contributed by atoms with Gasteiger partial charge in [-0.1, -0.05) is 0 Å². The number of nitrogens with zero attached hydrogens (tertiary/aromatic N) is 5. The molecule has 0 aliphatic rings. The van der Waals surface area contributed by atoms with Gasteiger partial charge < -0.3 is 4.74 Å². The normalized spacial score (nSPS) is 11.0. The van der Waals surface area contributed by atoms with E-state index >= 15 is 0 Å². The van der Waals surface area contributed by atoms with Crippen LogP contribution in [0.25, 0.3) is 22.5 Å². The summed E-state index contributed by atoms with van der Waals surface area (Å²) in [6.07, 6.45) is 6.18. The van der Waals surface area contributed by atoms with Gasteiger partial charge in [0.2, 0.25) is 5.28 Å². The van der Waals surface area contributed by atoms with Gasteiger partial charge in [-0.05, 0) is 30.7 Å². The van der Waals surface area contributed by atoms with E-state index in [2.05, 4.69) is 24.8 Å². The average molecular weight is 352 g/mol. The van der Waals surface area contributed by atoms with Gasteiger partial charge in [0.05, 0.1) is 23.8 Å². The molecule has 0 saturated carbocycles. The molecular formula is C15H12ClF2N5O. The van der Waals surface area contributed by atoms with E-state index in [-0.39, 0.29) is 11.0 Å². The molecule has 0 atom stereocenters. The minimum atomic E-state index is -2.92. The van der Waals surface area contributed by atoms with Crippen molar-refractivity contribution in [3.63, 3.8) is 0 Å². The predicted molar refractivity (Wildman–Crippen MR) is 83.8 cm³/mol. The van der Waals surface area contributed by atoms with E-state index in [0.717, 1.165) is 12.1 Å². The summed E-state index contributed by atoms with van der Waals surface area (Å²) in [5.41, 5.74) is 2.28. The first kappa shape index (κ1) is 16.3. The predicted octanol–water partition coefficient (Wildman–Crippen LogP) is 3.68. The summed E-state index contributed by atoms with van der Waals surface area (Å²) in [5.74, 6) is -0.0578. The third-order valence-electron chi connectivity index (χ3n) is 3.19. The Balaban J connectivity index is 1.99. The first-order valence-electron chi connectivity index (χ1n) is 7.03. The van der Waals surface area contributed by atoms with Crippen LogP contribution in [-0.4, -0.2) is 31.3 Å². The highest BCUT2D eigenvalue weighted by Gasteiger charge is 2.11. The lowest BCUT2D eigenvalue weighted by molar-refractivity contribution is -0.0500. The number of alkyl halides is 2. The molecule has 9 heteroatoms. The van der Waals surface area contributed by atoms with Gasteiger partial charge in [-0.3, -0.25) is 9.67 Å². The molecular weight excluding hydrogens is 340 g/mol.